The van der Waals surface area contributed by atoms with Gasteiger partial charge in [0.25, 0.3) is 0 Å². The zero-order valence-electron chi connectivity index (χ0n) is 17.5. The van der Waals surface area contributed by atoms with Crippen molar-refractivity contribution in [3.63, 3.8) is 0 Å². The van der Waals surface area contributed by atoms with Crippen molar-refractivity contribution >= 4 is 17.7 Å². The zero-order valence-corrected chi connectivity index (χ0v) is 17.5. The molecule has 0 aromatic rings. The molecular formula is C20H41N5O3. The third-order valence-electron chi connectivity index (χ3n) is 4.71. The molecule has 0 radical (unpaired) electrons. The normalized spacial score (nSPS) is 13.0. The van der Waals surface area contributed by atoms with Crippen LogP contribution in [0, 0.1) is 0 Å². The first kappa shape index (κ1) is 26.3. The summed E-state index contributed by atoms with van der Waals surface area (Å²) in [7, 11) is 0. The van der Waals surface area contributed by atoms with Crippen LogP contribution >= 0.6 is 0 Å². The number of carbonyl (C=O) groups is 3. The van der Waals surface area contributed by atoms with Crippen molar-refractivity contribution < 1.29 is 14.4 Å². The van der Waals surface area contributed by atoms with Crippen LogP contribution in [-0.4, -0.2) is 42.9 Å². The van der Waals surface area contributed by atoms with Crippen LogP contribution in [0.1, 0.15) is 84.0 Å². The van der Waals surface area contributed by atoms with Gasteiger partial charge in [-0.15, -0.1) is 0 Å². The van der Waals surface area contributed by atoms with Crippen LogP contribution in [0.3, 0.4) is 0 Å². The molecule has 0 spiro atoms. The highest BCUT2D eigenvalue weighted by atomic mass is 16.2. The summed E-state index contributed by atoms with van der Waals surface area (Å²) in [6, 6.07) is -1.49. The molecule has 0 aliphatic carbocycles. The van der Waals surface area contributed by atoms with Gasteiger partial charge in [-0.1, -0.05) is 45.4 Å². The van der Waals surface area contributed by atoms with E-state index in [9.17, 15) is 14.4 Å². The highest BCUT2D eigenvalue weighted by Crippen LogP contribution is 2.09. The standard InChI is InChI=1S/C20H41N5O3/c1-2-3-4-5-6-7-8-13-18(26)24-17(12-10-15-22)20(28)25-16(19(23)27)11-9-14-21/h16-17H,2-15,21-22H2,1H3,(H2,23,27)(H,24,26)(H,25,28)/t16-,17-/m0/s1. The third-order valence-corrected chi connectivity index (χ3v) is 4.71. The van der Waals surface area contributed by atoms with Crippen molar-refractivity contribution in [2.45, 2.75) is 96.1 Å². The first-order chi connectivity index (χ1) is 13.5. The van der Waals surface area contributed by atoms with Gasteiger partial charge in [-0.2, -0.15) is 0 Å². The summed E-state index contributed by atoms with van der Waals surface area (Å²) in [5.41, 5.74) is 16.3. The van der Waals surface area contributed by atoms with Crippen molar-refractivity contribution in [1.82, 2.24) is 10.6 Å². The van der Waals surface area contributed by atoms with Crippen LogP contribution in [0.25, 0.3) is 0 Å². The molecule has 8 N–H and O–H groups in total. The molecule has 0 aliphatic heterocycles. The quantitative estimate of drug-likeness (QED) is 0.218. The number of unbranched alkanes of at least 4 members (excludes halogenated alkanes) is 6. The summed E-state index contributed by atoms with van der Waals surface area (Å²) in [4.78, 5) is 36.3. The second kappa shape index (κ2) is 17.4. The summed E-state index contributed by atoms with van der Waals surface area (Å²) < 4.78 is 0. The Morgan fingerprint density at radius 2 is 1.29 bits per heavy atom. The molecule has 2 atom stereocenters. The van der Waals surface area contributed by atoms with Gasteiger partial charge in [-0.05, 0) is 45.2 Å². The second-order valence-electron chi connectivity index (χ2n) is 7.32. The average Bonchev–Trinajstić information content (AvgIpc) is 2.67. The minimum absolute atomic E-state index is 0.150. The lowest BCUT2D eigenvalue weighted by atomic mass is 10.1. The fraction of sp³-hybridized carbons (Fsp3) is 0.850. The van der Waals surface area contributed by atoms with Gasteiger partial charge in [0.1, 0.15) is 12.1 Å². The van der Waals surface area contributed by atoms with Gasteiger partial charge in [0.15, 0.2) is 0 Å². The zero-order chi connectivity index (χ0) is 21.2. The van der Waals surface area contributed by atoms with E-state index in [1.165, 1.54) is 25.7 Å². The molecule has 0 rings (SSSR count). The van der Waals surface area contributed by atoms with Gasteiger partial charge in [0, 0.05) is 6.42 Å². The fourth-order valence-electron chi connectivity index (χ4n) is 2.98. The summed E-state index contributed by atoms with van der Waals surface area (Å²) in [6.07, 6.45) is 10.3. The Hall–Kier alpha value is -1.67. The lowest BCUT2D eigenvalue weighted by Crippen LogP contribution is -2.53. The SMILES string of the molecule is CCCCCCCCCC(=O)N[C@@H](CCCN)C(=O)N[C@@H](CCCN)C(N)=O. The van der Waals surface area contributed by atoms with E-state index in [-0.39, 0.29) is 5.91 Å². The molecule has 0 unspecified atom stereocenters. The molecular weight excluding hydrogens is 358 g/mol. The molecule has 0 fully saturated rings. The highest BCUT2D eigenvalue weighted by Gasteiger charge is 2.24. The van der Waals surface area contributed by atoms with E-state index in [2.05, 4.69) is 17.6 Å². The van der Waals surface area contributed by atoms with E-state index in [0.29, 0.717) is 45.2 Å². The molecule has 28 heavy (non-hydrogen) atoms. The third kappa shape index (κ3) is 13.5. The van der Waals surface area contributed by atoms with Crippen molar-refractivity contribution in [3.8, 4) is 0 Å². The maximum absolute atomic E-state index is 12.5. The van der Waals surface area contributed by atoms with Gasteiger partial charge < -0.3 is 27.8 Å². The van der Waals surface area contributed by atoms with E-state index in [1.54, 1.807) is 0 Å². The number of carbonyl (C=O) groups excluding carboxylic acids is 3. The molecule has 0 aliphatic rings. The first-order valence-electron chi connectivity index (χ1n) is 10.7. The van der Waals surface area contributed by atoms with E-state index in [1.807, 2.05) is 0 Å². The van der Waals surface area contributed by atoms with Crippen LogP contribution in [0.2, 0.25) is 0 Å². The van der Waals surface area contributed by atoms with Crippen LogP contribution in [0.4, 0.5) is 0 Å². The molecule has 0 aromatic heterocycles. The monoisotopic (exact) mass is 399 g/mol. The molecule has 8 nitrogen and oxygen atoms in total. The number of rotatable bonds is 18. The van der Waals surface area contributed by atoms with Crippen molar-refractivity contribution in [3.05, 3.63) is 0 Å². The Morgan fingerprint density at radius 1 is 0.750 bits per heavy atom. The molecule has 0 aromatic carbocycles. The summed E-state index contributed by atoms with van der Waals surface area (Å²) >= 11 is 0. The Morgan fingerprint density at radius 3 is 1.82 bits per heavy atom. The minimum atomic E-state index is -0.781. The molecule has 8 heteroatoms. The topological polar surface area (TPSA) is 153 Å². The predicted molar refractivity (Wildman–Crippen MR) is 112 cm³/mol. The number of amides is 3. The number of hydrogen-bond donors (Lipinski definition) is 5. The molecule has 0 heterocycles. The fourth-order valence-corrected chi connectivity index (χ4v) is 2.98. The van der Waals surface area contributed by atoms with Crippen molar-refractivity contribution in [2.24, 2.45) is 17.2 Å². The van der Waals surface area contributed by atoms with Gasteiger partial charge in [-0.25, -0.2) is 0 Å². The Kier molecular flexibility index (Phi) is 16.4. The Balaban J connectivity index is 4.44. The van der Waals surface area contributed by atoms with Gasteiger partial charge in [0.2, 0.25) is 17.7 Å². The maximum Gasteiger partial charge on any atom is 0.243 e. The molecule has 3 amide bonds. The lowest BCUT2D eigenvalue weighted by Gasteiger charge is -2.22. The van der Waals surface area contributed by atoms with E-state index < -0.39 is 23.9 Å². The maximum atomic E-state index is 12.5. The van der Waals surface area contributed by atoms with Crippen LogP contribution in [-0.2, 0) is 14.4 Å². The van der Waals surface area contributed by atoms with Crippen molar-refractivity contribution in [1.29, 1.82) is 0 Å². The molecule has 164 valence electrons. The second-order valence-corrected chi connectivity index (χ2v) is 7.32. The predicted octanol–water partition coefficient (Wildman–Crippen LogP) is 1.06. The largest absolute Gasteiger partial charge is 0.368 e. The Labute approximate surface area is 169 Å². The molecule has 0 saturated carbocycles. The first-order valence-corrected chi connectivity index (χ1v) is 10.7. The summed E-state index contributed by atoms with van der Waals surface area (Å²) in [6.45, 7) is 3.01. The molecule has 0 bridgehead atoms. The van der Waals surface area contributed by atoms with Gasteiger partial charge in [-0.3, -0.25) is 14.4 Å². The van der Waals surface area contributed by atoms with E-state index in [4.69, 9.17) is 17.2 Å². The highest BCUT2D eigenvalue weighted by molar-refractivity contribution is 5.91. The average molecular weight is 400 g/mol. The smallest absolute Gasteiger partial charge is 0.243 e. The number of nitrogens with one attached hydrogen (secondary N) is 2. The molecule has 0 saturated heterocycles. The van der Waals surface area contributed by atoms with Crippen molar-refractivity contribution in [2.75, 3.05) is 13.1 Å². The van der Waals surface area contributed by atoms with Crippen LogP contribution in [0.5, 0.6) is 0 Å². The van der Waals surface area contributed by atoms with E-state index >= 15 is 0 Å². The summed E-state index contributed by atoms with van der Waals surface area (Å²) in [5.74, 6) is -1.15. The van der Waals surface area contributed by atoms with Gasteiger partial charge >= 0.3 is 0 Å². The van der Waals surface area contributed by atoms with Crippen LogP contribution in [0.15, 0.2) is 0 Å². The van der Waals surface area contributed by atoms with Gasteiger partial charge in [0.05, 0.1) is 0 Å². The number of hydrogen-bond acceptors (Lipinski definition) is 5. The van der Waals surface area contributed by atoms with E-state index in [0.717, 1.165) is 19.3 Å². The number of nitrogens with two attached hydrogens (primary N) is 3. The summed E-state index contributed by atoms with van der Waals surface area (Å²) in [5, 5.41) is 5.42. The minimum Gasteiger partial charge on any atom is -0.368 e. The lowest BCUT2D eigenvalue weighted by molar-refractivity contribution is -0.131. The van der Waals surface area contributed by atoms with Crippen LogP contribution < -0.4 is 27.8 Å². The number of primary amides is 1. The Bertz CT molecular complexity index is 446.